The second-order valence-corrected chi connectivity index (χ2v) is 6.54. The highest BCUT2D eigenvalue weighted by molar-refractivity contribution is 6.33. The van der Waals surface area contributed by atoms with Crippen LogP contribution in [0.1, 0.15) is 18.4 Å². The van der Waals surface area contributed by atoms with Gasteiger partial charge in [-0.1, -0.05) is 29.8 Å². The summed E-state index contributed by atoms with van der Waals surface area (Å²) in [5.74, 6) is 0.617. The summed E-state index contributed by atoms with van der Waals surface area (Å²) in [4.78, 5) is 24.1. The van der Waals surface area contributed by atoms with Crippen molar-refractivity contribution in [3.05, 3.63) is 40.9 Å². The number of hydrogen-bond donors (Lipinski definition) is 2. The van der Waals surface area contributed by atoms with Crippen LogP contribution in [0.2, 0.25) is 5.02 Å². The Kier molecular flexibility index (Phi) is 4.21. The number of fused-ring (bicyclic) bond motifs is 2. The Morgan fingerprint density at radius 1 is 1.27 bits per heavy atom. The lowest BCUT2D eigenvalue weighted by Crippen LogP contribution is -2.38. The minimum atomic E-state index is -0.266. The van der Waals surface area contributed by atoms with Crippen molar-refractivity contribution in [1.29, 1.82) is 0 Å². The number of hydrogen-bond acceptors (Lipinski definition) is 2. The van der Waals surface area contributed by atoms with Gasteiger partial charge in [0, 0.05) is 5.92 Å². The van der Waals surface area contributed by atoms with E-state index in [1.165, 1.54) is 0 Å². The molecule has 3 atom stereocenters. The van der Waals surface area contributed by atoms with E-state index in [1.54, 1.807) is 12.1 Å². The molecule has 0 spiro atoms. The van der Waals surface area contributed by atoms with Gasteiger partial charge in [0.05, 0.1) is 17.3 Å². The number of allylic oxidation sites excluding steroid dienone is 2. The molecule has 5 heteroatoms. The van der Waals surface area contributed by atoms with Crippen molar-refractivity contribution in [2.24, 2.45) is 17.8 Å². The van der Waals surface area contributed by atoms with E-state index in [-0.39, 0.29) is 24.3 Å². The van der Waals surface area contributed by atoms with Crippen LogP contribution in [0.3, 0.4) is 0 Å². The maximum absolute atomic E-state index is 12.2. The number of carbonyl (C=O) groups excluding carboxylic acids is 2. The lowest BCUT2D eigenvalue weighted by Gasteiger charge is -2.17. The molecule has 0 unspecified atom stereocenters. The normalized spacial score (nSPS) is 25.3. The molecule has 1 aromatic carbocycles. The molecular formula is C17H19ClN2O2. The molecule has 3 rings (SSSR count). The van der Waals surface area contributed by atoms with Crippen molar-refractivity contribution >= 4 is 29.1 Å². The summed E-state index contributed by atoms with van der Waals surface area (Å²) in [7, 11) is 0. The Labute approximate surface area is 134 Å². The highest BCUT2D eigenvalue weighted by atomic mass is 35.5. The Hall–Kier alpha value is -1.81. The van der Waals surface area contributed by atoms with E-state index in [1.807, 2.05) is 13.0 Å². The molecule has 2 aliphatic carbocycles. The zero-order chi connectivity index (χ0) is 15.7. The highest BCUT2D eigenvalue weighted by Gasteiger charge is 2.39. The van der Waals surface area contributed by atoms with Crippen LogP contribution in [-0.2, 0) is 9.59 Å². The van der Waals surface area contributed by atoms with Gasteiger partial charge in [0.1, 0.15) is 0 Å². The number of amides is 2. The standard InChI is InChI=1S/C17H19ClN2O2/c1-10-2-5-15(14(18)6-10)20-16(21)9-19-17(22)13-8-11-3-4-12(13)7-11/h2-6,11-13H,7-9H2,1H3,(H,19,22)(H,20,21)/t11-,12-,13-/m0/s1. The molecule has 0 radical (unpaired) electrons. The van der Waals surface area contributed by atoms with E-state index in [2.05, 4.69) is 22.8 Å². The number of anilines is 1. The first-order valence-electron chi connectivity index (χ1n) is 7.55. The van der Waals surface area contributed by atoms with Crippen LogP contribution >= 0.6 is 11.6 Å². The monoisotopic (exact) mass is 318 g/mol. The molecule has 116 valence electrons. The number of carbonyl (C=O) groups is 2. The van der Waals surface area contributed by atoms with Crippen molar-refractivity contribution < 1.29 is 9.59 Å². The topological polar surface area (TPSA) is 58.2 Å². The Bertz CT molecular complexity index is 642. The Morgan fingerprint density at radius 3 is 2.73 bits per heavy atom. The van der Waals surface area contributed by atoms with Crippen molar-refractivity contribution in [2.45, 2.75) is 19.8 Å². The van der Waals surface area contributed by atoms with Gasteiger partial charge in [-0.05, 0) is 49.3 Å². The van der Waals surface area contributed by atoms with Gasteiger partial charge < -0.3 is 10.6 Å². The lowest BCUT2D eigenvalue weighted by atomic mass is 9.93. The summed E-state index contributed by atoms with van der Waals surface area (Å²) in [6.45, 7) is 1.90. The van der Waals surface area contributed by atoms with E-state index in [4.69, 9.17) is 11.6 Å². The molecule has 2 N–H and O–H groups in total. The summed E-state index contributed by atoms with van der Waals surface area (Å²) in [5.41, 5.74) is 1.59. The largest absolute Gasteiger partial charge is 0.347 e. The minimum Gasteiger partial charge on any atom is -0.347 e. The third kappa shape index (κ3) is 3.17. The van der Waals surface area contributed by atoms with E-state index in [0.717, 1.165) is 18.4 Å². The molecule has 1 fully saturated rings. The van der Waals surface area contributed by atoms with E-state index < -0.39 is 0 Å². The molecule has 22 heavy (non-hydrogen) atoms. The zero-order valence-corrected chi connectivity index (χ0v) is 13.2. The summed E-state index contributed by atoms with van der Waals surface area (Å²) >= 11 is 6.07. The van der Waals surface area contributed by atoms with Gasteiger partial charge in [-0.3, -0.25) is 9.59 Å². The van der Waals surface area contributed by atoms with Crippen molar-refractivity contribution in [2.75, 3.05) is 11.9 Å². The third-order valence-electron chi connectivity index (χ3n) is 4.44. The predicted molar refractivity (Wildman–Crippen MR) is 86.7 cm³/mol. The molecule has 2 aliphatic rings. The summed E-state index contributed by atoms with van der Waals surface area (Å²) < 4.78 is 0. The molecule has 0 saturated heterocycles. The Morgan fingerprint density at radius 2 is 2.09 bits per heavy atom. The first-order chi connectivity index (χ1) is 10.5. The third-order valence-corrected chi connectivity index (χ3v) is 4.75. The molecule has 1 saturated carbocycles. The minimum absolute atomic E-state index is 0.0192. The van der Waals surface area contributed by atoms with Gasteiger partial charge in [-0.2, -0.15) is 0 Å². The second-order valence-electron chi connectivity index (χ2n) is 6.14. The van der Waals surface area contributed by atoms with Crippen LogP contribution in [0, 0.1) is 24.7 Å². The quantitative estimate of drug-likeness (QED) is 0.839. The fourth-order valence-corrected chi connectivity index (χ4v) is 3.58. The highest BCUT2D eigenvalue weighted by Crippen LogP contribution is 2.43. The van der Waals surface area contributed by atoms with Gasteiger partial charge in [-0.15, -0.1) is 0 Å². The molecule has 0 heterocycles. The molecule has 2 amide bonds. The van der Waals surface area contributed by atoms with Crippen LogP contribution in [0.5, 0.6) is 0 Å². The second kappa shape index (κ2) is 6.13. The Balaban J connectivity index is 1.50. The van der Waals surface area contributed by atoms with Gasteiger partial charge in [-0.25, -0.2) is 0 Å². The maximum atomic E-state index is 12.2. The fraction of sp³-hybridized carbons (Fsp3) is 0.412. The van der Waals surface area contributed by atoms with Crippen molar-refractivity contribution in [1.82, 2.24) is 5.32 Å². The maximum Gasteiger partial charge on any atom is 0.243 e. The predicted octanol–water partition coefficient (Wildman–Crippen LogP) is 2.92. The van der Waals surface area contributed by atoms with Crippen LogP contribution in [-0.4, -0.2) is 18.4 Å². The molecule has 4 nitrogen and oxygen atoms in total. The summed E-state index contributed by atoms with van der Waals surface area (Å²) in [6, 6.07) is 5.43. The van der Waals surface area contributed by atoms with Crippen LogP contribution in [0.4, 0.5) is 5.69 Å². The van der Waals surface area contributed by atoms with Crippen LogP contribution in [0.15, 0.2) is 30.4 Å². The summed E-state index contributed by atoms with van der Waals surface area (Å²) in [6.07, 6.45) is 6.30. The van der Waals surface area contributed by atoms with Crippen molar-refractivity contribution in [3.63, 3.8) is 0 Å². The fourth-order valence-electron chi connectivity index (χ4n) is 3.30. The molecular weight excluding hydrogens is 300 g/mol. The molecule has 0 aliphatic heterocycles. The average molecular weight is 319 g/mol. The van der Waals surface area contributed by atoms with Gasteiger partial charge in [0.15, 0.2) is 0 Å². The number of halogens is 1. The van der Waals surface area contributed by atoms with E-state index in [0.29, 0.717) is 22.5 Å². The van der Waals surface area contributed by atoms with Gasteiger partial charge in [0.25, 0.3) is 0 Å². The summed E-state index contributed by atoms with van der Waals surface area (Å²) in [5, 5.41) is 5.95. The van der Waals surface area contributed by atoms with Gasteiger partial charge >= 0.3 is 0 Å². The molecule has 2 bridgehead atoms. The van der Waals surface area contributed by atoms with Crippen LogP contribution < -0.4 is 10.6 Å². The number of nitrogens with one attached hydrogen (secondary N) is 2. The van der Waals surface area contributed by atoms with Gasteiger partial charge in [0.2, 0.25) is 11.8 Å². The first-order valence-corrected chi connectivity index (χ1v) is 7.93. The SMILES string of the molecule is Cc1ccc(NC(=O)CNC(=O)[C@H]2C[C@H]3C=C[C@H]2C3)c(Cl)c1. The first kappa shape index (κ1) is 15.1. The molecule has 0 aromatic heterocycles. The zero-order valence-electron chi connectivity index (χ0n) is 12.4. The smallest absolute Gasteiger partial charge is 0.243 e. The average Bonchev–Trinajstić information content (AvgIpc) is 3.10. The number of aryl methyl sites for hydroxylation is 1. The number of rotatable bonds is 4. The van der Waals surface area contributed by atoms with E-state index in [9.17, 15) is 9.59 Å². The lowest BCUT2D eigenvalue weighted by molar-refractivity contribution is -0.127. The van der Waals surface area contributed by atoms with Crippen LogP contribution in [0.25, 0.3) is 0 Å². The number of benzene rings is 1. The van der Waals surface area contributed by atoms with Crippen molar-refractivity contribution in [3.8, 4) is 0 Å². The molecule has 1 aromatic rings. The van der Waals surface area contributed by atoms with E-state index >= 15 is 0 Å².